The van der Waals surface area contributed by atoms with Gasteiger partial charge in [0.05, 0.1) is 4.88 Å². The van der Waals surface area contributed by atoms with Gasteiger partial charge >= 0.3 is 0 Å². The van der Waals surface area contributed by atoms with E-state index in [9.17, 15) is 9.18 Å². The van der Waals surface area contributed by atoms with Crippen LogP contribution in [0.5, 0.6) is 0 Å². The Morgan fingerprint density at radius 1 is 1.07 bits per heavy atom. The van der Waals surface area contributed by atoms with Crippen molar-refractivity contribution in [3.8, 4) is 10.4 Å². The van der Waals surface area contributed by atoms with Crippen LogP contribution < -0.4 is 0 Å². The van der Waals surface area contributed by atoms with Crippen molar-refractivity contribution >= 4 is 17.2 Å². The maximum Gasteiger partial charge on any atom is 0.263 e. The van der Waals surface area contributed by atoms with Crippen LogP contribution in [0.2, 0.25) is 0 Å². The maximum atomic E-state index is 13.1. The van der Waals surface area contributed by atoms with Crippen LogP contribution >= 0.6 is 11.3 Å². The zero-order chi connectivity index (χ0) is 18.8. The highest BCUT2D eigenvalue weighted by atomic mass is 32.1. The fraction of sp³-hybridized carbons (Fsp3) is 0.476. The van der Waals surface area contributed by atoms with Crippen molar-refractivity contribution in [2.24, 2.45) is 0 Å². The third-order valence-electron chi connectivity index (χ3n) is 5.77. The predicted octanol–water partition coefficient (Wildman–Crippen LogP) is 3.41. The second kappa shape index (κ2) is 8.09. The van der Waals surface area contributed by atoms with E-state index in [2.05, 4.69) is 16.7 Å². The van der Waals surface area contributed by atoms with E-state index in [1.807, 2.05) is 17.0 Å². The van der Waals surface area contributed by atoms with Gasteiger partial charge in [0.2, 0.25) is 0 Å². The fourth-order valence-corrected chi connectivity index (χ4v) is 5.03. The van der Waals surface area contributed by atoms with Crippen molar-refractivity contribution in [3.63, 3.8) is 0 Å². The van der Waals surface area contributed by atoms with E-state index < -0.39 is 0 Å². The fourth-order valence-electron chi connectivity index (χ4n) is 4.05. The van der Waals surface area contributed by atoms with Gasteiger partial charge in [-0.15, -0.1) is 11.3 Å². The number of thiophene rings is 1. The Hall–Kier alpha value is -1.76. The Bertz CT molecular complexity index is 783. The molecule has 27 heavy (non-hydrogen) atoms. The predicted molar refractivity (Wildman–Crippen MR) is 108 cm³/mol. The molecule has 0 spiro atoms. The van der Waals surface area contributed by atoms with Crippen molar-refractivity contribution in [2.45, 2.75) is 19.4 Å². The number of nitrogens with zero attached hydrogens (tertiary/aromatic N) is 3. The molecule has 0 saturated carbocycles. The average molecular weight is 388 g/mol. The van der Waals surface area contributed by atoms with Gasteiger partial charge in [0.1, 0.15) is 5.82 Å². The summed E-state index contributed by atoms with van der Waals surface area (Å²) in [6, 6.07) is 10.8. The molecular formula is C21H26FN3OS. The summed E-state index contributed by atoms with van der Waals surface area (Å²) in [7, 11) is 0. The molecule has 2 saturated heterocycles. The minimum atomic E-state index is -0.241. The normalized spacial score (nSPS) is 21.7. The molecular weight excluding hydrogens is 361 g/mol. The highest BCUT2D eigenvalue weighted by molar-refractivity contribution is 7.17. The standard InChI is InChI=1S/C21H26FN3OS/c1-2-23-11-13-24(14-12-23)18-9-10-25(15-18)21(26)20-8-7-19(27-20)16-3-5-17(22)6-4-16/h3-8,18H,2,9-15H2,1H3. The topological polar surface area (TPSA) is 26.8 Å². The van der Waals surface area contributed by atoms with E-state index in [0.717, 1.165) is 67.6 Å². The lowest BCUT2D eigenvalue weighted by Crippen LogP contribution is -2.51. The zero-order valence-corrected chi connectivity index (χ0v) is 16.6. The van der Waals surface area contributed by atoms with Crippen LogP contribution in [0.15, 0.2) is 36.4 Å². The van der Waals surface area contributed by atoms with Crippen molar-refractivity contribution in [3.05, 3.63) is 47.1 Å². The van der Waals surface area contributed by atoms with Crippen LogP contribution in [0.4, 0.5) is 4.39 Å². The molecule has 1 unspecified atom stereocenters. The largest absolute Gasteiger partial charge is 0.336 e. The Morgan fingerprint density at radius 2 is 1.81 bits per heavy atom. The first-order valence-corrected chi connectivity index (χ1v) is 10.6. The van der Waals surface area contributed by atoms with E-state index in [0.29, 0.717) is 6.04 Å². The van der Waals surface area contributed by atoms with Crippen LogP contribution in [0.3, 0.4) is 0 Å². The molecule has 1 atom stereocenters. The number of hydrogen-bond donors (Lipinski definition) is 0. The smallest absolute Gasteiger partial charge is 0.263 e. The van der Waals surface area contributed by atoms with E-state index >= 15 is 0 Å². The zero-order valence-electron chi connectivity index (χ0n) is 15.7. The second-order valence-electron chi connectivity index (χ2n) is 7.33. The summed E-state index contributed by atoms with van der Waals surface area (Å²) in [5.41, 5.74) is 0.952. The molecule has 2 aliphatic rings. The van der Waals surface area contributed by atoms with Gasteiger partial charge in [-0.25, -0.2) is 4.39 Å². The first-order chi connectivity index (χ1) is 13.1. The average Bonchev–Trinajstić information content (AvgIpc) is 3.38. The van der Waals surface area contributed by atoms with Gasteiger partial charge < -0.3 is 9.80 Å². The van der Waals surface area contributed by atoms with Gasteiger partial charge in [-0.05, 0) is 42.8 Å². The first kappa shape index (κ1) is 18.6. The summed E-state index contributed by atoms with van der Waals surface area (Å²) in [5.74, 6) is -0.113. The second-order valence-corrected chi connectivity index (χ2v) is 8.42. The molecule has 144 valence electrons. The van der Waals surface area contributed by atoms with E-state index in [1.165, 1.54) is 23.5 Å². The summed E-state index contributed by atoms with van der Waals surface area (Å²) in [6.45, 7) is 9.48. The molecule has 2 aromatic rings. The molecule has 6 heteroatoms. The van der Waals surface area contributed by atoms with Crippen LogP contribution in [0.1, 0.15) is 23.0 Å². The lowest BCUT2D eigenvalue weighted by atomic mass is 10.2. The quantitative estimate of drug-likeness (QED) is 0.804. The molecule has 3 heterocycles. The Kier molecular flexibility index (Phi) is 5.57. The molecule has 4 nitrogen and oxygen atoms in total. The van der Waals surface area contributed by atoms with E-state index in [1.54, 1.807) is 12.1 Å². The van der Waals surface area contributed by atoms with Gasteiger partial charge in [-0.2, -0.15) is 0 Å². The lowest BCUT2D eigenvalue weighted by Gasteiger charge is -2.37. The van der Waals surface area contributed by atoms with Gasteiger partial charge in [-0.3, -0.25) is 9.69 Å². The molecule has 1 amide bonds. The SMILES string of the molecule is CCN1CCN(C2CCN(C(=O)c3ccc(-c4ccc(F)cc4)s3)C2)CC1. The Labute approximate surface area is 164 Å². The lowest BCUT2D eigenvalue weighted by molar-refractivity contribution is 0.0749. The molecule has 0 radical (unpaired) electrons. The Morgan fingerprint density at radius 3 is 2.52 bits per heavy atom. The number of likely N-dealkylation sites (tertiary alicyclic amines) is 1. The highest BCUT2D eigenvalue weighted by Gasteiger charge is 2.32. The monoisotopic (exact) mass is 387 g/mol. The van der Waals surface area contributed by atoms with Crippen molar-refractivity contribution in [2.75, 3.05) is 45.8 Å². The molecule has 0 aliphatic carbocycles. The maximum absolute atomic E-state index is 13.1. The van der Waals surface area contributed by atoms with Crippen LogP contribution in [-0.2, 0) is 0 Å². The molecule has 2 aliphatic heterocycles. The van der Waals surface area contributed by atoms with E-state index in [4.69, 9.17) is 0 Å². The van der Waals surface area contributed by atoms with Crippen LogP contribution in [-0.4, -0.2) is 72.5 Å². The molecule has 1 aromatic carbocycles. The summed E-state index contributed by atoms with van der Waals surface area (Å²) < 4.78 is 13.1. The van der Waals surface area contributed by atoms with Crippen molar-refractivity contribution in [1.82, 2.24) is 14.7 Å². The minimum absolute atomic E-state index is 0.128. The first-order valence-electron chi connectivity index (χ1n) is 9.75. The van der Waals surface area contributed by atoms with Crippen LogP contribution in [0, 0.1) is 5.82 Å². The molecule has 4 rings (SSSR count). The number of carbonyl (C=O) groups excluding carboxylic acids is 1. The number of likely N-dealkylation sites (N-methyl/N-ethyl adjacent to an activating group) is 1. The van der Waals surface area contributed by atoms with Gasteiger partial charge in [-0.1, -0.05) is 19.1 Å². The van der Waals surface area contributed by atoms with Crippen molar-refractivity contribution in [1.29, 1.82) is 0 Å². The highest BCUT2D eigenvalue weighted by Crippen LogP contribution is 2.30. The van der Waals surface area contributed by atoms with Gasteiger partial charge in [0.15, 0.2) is 0 Å². The number of hydrogen-bond acceptors (Lipinski definition) is 4. The molecule has 1 aromatic heterocycles. The van der Waals surface area contributed by atoms with Gasteiger partial charge in [0, 0.05) is 50.2 Å². The molecule has 2 fully saturated rings. The van der Waals surface area contributed by atoms with E-state index in [-0.39, 0.29) is 11.7 Å². The summed E-state index contributed by atoms with van der Waals surface area (Å²) in [6.07, 6.45) is 1.06. The molecule has 0 N–H and O–H groups in total. The molecule has 0 bridgehead atoms. The number of piperazine rings is 1. The number of benzene rings is 1. The minimum Gasteiger partial charge on any atom is -0.336 e. The number of carbonyl (C=O) groups is 1. The summed E-state index contributed by atoms with van der Waals surface area (Å²) in [5, 5.41) is 0. The summed E-state index contributed by atoms with van der Waals surface area (Å²) in [4.78, 5) is 21.7. The third kappa shape index (κ3) is 4.08. The number of rotatable bonds is 4. The Balaban J connectivity index is 1.37. The third-order valence-corrected chi connectivity index (χ3v) is 6.89. The van der Waals surface area contributed by atoms with Crippen LogP contribution in [0.25, 0.3) is 10.4 Å². The number of halogens is 1. The summed E-state index contributed by atoms with van der Waals surface area (Å²) >= 11 is 1.49. The van der Waals surface area contributed by atoms with Gasteiger partial charge in [0.25, 0.3) is 5.91 Å². The number of amides is 1. The van der Waals surface area contributed by atoms with Crippen molar-refractivity contribution < 1.29 is 9.18 Å².